The van der Waals surface area contributed by atoms with Crippen LogP contribution in [0.4, 0.5) is 0 Å². The number of ether oxygens (including phenoxy) is 1. The molecule has 4 heteroatoms. The van der Waals surface area contributed by atoms with Gasteiger partial charge in [0.2, 0.25) is 5.91 Å². The molecule has 1 aliphatic heterocycles. The van der Waals surface area contributed by atoms with Gasteiger partial charge in [-0.3, -0.25) is 4.79 Å². The van der Waals surface area contributed by atoms with E-state index in [0.29, 0.717) is 18.9 Å². The highest BCUT2D eigenvalue weighted by Crippen LogP contribution is 2.32. The number of nitrogens with one attached hydrogen (secondary N) is 1. The van der Waals surface area contributed by atoms with E-state index in [1.54, 1.807) is 6.92 Å². The Morgan fingerprint density at radius 3 is 2.32 bits per heavy atom. The van der Waals surface area contributed by atoms with E-state index < -0.39 is 5.60 Å². The van der Waals surface area contributed by atoms with Crippen molar-refractivity contribution in [1.82, 2.24) is 5.32 Å². The number of carbonyl (C=O) groups is 1. The van der Waals surface area contributed by atoms with Gasteiger partial charge in [-0.25, -0.2) is 0 Å². The minimum absolute atomic E-state index is 0.00613. The van der Waals surface area contributed by atoms with E-state index in [4.69, 9.17) is 4.74 Å². The number of aliphatic hydroxyl groups is 1. The number of rotatable bonds is 5. The van der Waals surface area contributed by atoms with Crippen molar-refractivity contribution < 1.29 is 14.6 Å². The second kappa shape index (κ2) is 6.23. The van der Waals surface area contributed by atoms with Crippen molar-refractivity contribution in [3.63, 3.8) is 0 Å². The van der Waals surface area contributed by atoms with Crippen LogP contribution in [0.3, 0.4) is 0 Å². The average molecular weight is 271 g/mol. The zero-order chi connectivity index (χ0) is 14.8. The second-order valence-electron chi connectivity index (χ2n) is 6.74. The van der Waals surface area contributed by atoms with E-state index in [2.05, 4.69) is 19.2 Å². The molecule has 19 heavy (non-hydrogen) atoms. The molecule has 1 aliphatic rings. The van der Waals surface area contributed by atoms with Crippen LogP contribution >= 0.6 is 0 Å². The lowest BCUT2D eigenvalue weighted by atomic mass is 9.88. The van der Waals surface area contributed by atoms with Crippen molar-refractivity contribution in [2.24, 2.45) is 17.8 Å². The van der Waals surface area contributed by atoms with Crippen LogP contribution in [0.15, 0.2) is 0 Å². The Balaban J connectivity index is 2.52. The predicted octanol–water partition coefficient (Wildman–Crippen LogP) is 1.96. The van der Waals surface area contributed by atoms with Gasteiger partial charge in [0.15, 0.2) is 0 Å². The SMILES string of the molecule is CC(C)CC(C)(O)CNC(=O)C1C(C)OC(C)C1C. The summed E-state index contributed by atoms with van der Waals surface area (Å²) in [5.41, 5.74) is -0.846. The highest BCUT2D eigenvalue weighted by molar-refractivity contribution is 5.80. The second-order valence-corrected chi connectivity index (χ2v) is 6.74. The summed E-state index contributed by atoms with van der Waals surface area (Å²) in [5.74, 6) is 0.489. The number of hydrogen-bond donors (Lipinski definition) is 2. The van der Waals surface area contributed by atoms with Crippen molar-refractivity contribution in [2.45, 2.75) is 65.8 Å². The molecule has 0 saturated carbocycles. The molecule has 1 heterocycles. The normalized spacial score (nSPS) is 34.3. The van der Waals surface area contributed by atoms with Crippen molar-refractivity contribution in [3.8, 4) is 0 Å². The summed E-state index contributed by atoms with van der Waals surface area (Å²) in [5, 5.41) is 13.1. The maximum absolute atomic E-state index is 12.2. The number of hydrogen-bond acceptors (Lipinski definition) is 3. The Morgan fingerprint density at radius 2 is 1.89 bits per heavy atom. The molecule has 1 rings (SSSR count). The quantitative estimate of drug-likeness (QED) is 0.803. The number of amides is 1. The van der Waals surface area contributed by atoms with Crippen molar-refractivity contribution in [1.29, 1.82) is 0 Å². The smallest absolute Gasteiger partial charge is 0.226 e. The lowest BCUT2D eigenvalue weighted by Gasteiger charge is -2.27. The minimum atomic E-state index is -0.846. The third kappa shape index (κ3) is 4.46. The monoisotopic (exact) mass is 271 g/mol. The Morgan fingerprint density at radius 1 is 1.32 bits per heavy atom. The fourth-order valence-corrected chi connectivity index (χ4v) is 3.07. The van der Waals surface area contributed by atoms with Gasteiger partial charge in [-0.15, -0.1) is 0 Å². The van der Waals surface area contributed by atoms with Gasteiger partial charge in [0.05, 0.1) is 23.7 Å². The Kier molecular flexibility index (Phi) is 5.39. The zero-order valence-electron chi connectivity index (χ0n) is 13.1. The first-order chi connectivity index (χ1) is 8.64. The summed E-state index contributed by atoms with van der Waals surface area (Å²) < 4.78 is 5.68. The van der Waals surface area contributed by atoms with Gasteiger partial charge >= 0.3 is 0 Å². The summed E-state index contributed by atoms with van der Waals surface area (Å²) in [7, 11) is 0. The molecule has 112 valence electrons. The molecular weight excluding hydrogens is 242 g/mol. The fourth-order valence-electron chi connectivity index (χ4n) is 3.07. The molecule has 5 unspecified atom stereocenters. The van der Waals surface area contributed by atoms with Crippen LogP contribution in [-0.4, -0.2) is 35.4 Å². The van der Waals surface area contributed by atoms with Crippen LogP contribution in [0.2, 0.25) is 0 Å². The molecule has 1 fully saturated rings. The van der Waals surface area contributed by atoms with Crippen LogP contribution in [0.25, 0.3) is 0 Å². The Bertz CT molecular complexity index is 315. The van der Waals surface area contributed by atoms with Gasteiger partial charge in [-0.05, 0) is 39.0 Å². The predicted molar refractivity (Wildman–Crippen MR) is 75.8 cm³/mol. The first-order valence-corrected chi connectivity index (χ1v) is 7.29. The molecule has 0 aromatic heterocycles. The van der Waals surface area contributed by atoms with E-state index in [-0.39, 0.29) is 30.0 Å². The van der Waals surface area contributed by atoms with Gasteiger partial charge in [0.25, 0.3) is 0 Å². The lowest BCUT2D eigenvalue weighted by Crippen LogP contribution is -2.45. The summed E-state index contributed by atoms with van der Waals surface area (Å²) in [6.45, 7) is 12.2. The summed E-state index contributed by atoms with van der Waals surface area (Å²) in [6, 6.07) is 0. The van der Waals surface area contributed by atoms with E-state index in [0.717, 1.165) is 0 Å². The molecule has 2 N–H and O–H groups in total. The van der Waals surface area contributed by atoms with Crippen LogP contribution in [0.1, 0.15) is 48.0 Å². The standard InChI is InChI=1S/C15H29NO3/c1-9(2)7-15(6,18)8-16-14(17)13-10(3)11(4)19-12(13)5/h9-13,18H,7-8H2,1-6H3,(H,16,17). The lowest BCUT2D eigenvalue weighted by molar-refractivity contribution is -0.128. The van der Waals surface area contributed by atoms with Crippen molar-refractivity contribution in [3.05, 3.63) is 0 Å². The molecule has 4 nitrogen and oxygen atoms in total. The van der Waals surface area contributed by atoms with E-state index in [1.165, 1.54) is 0 Å². The first kappa shape index (κ1) is 16.4. The number of carbonyl (C=O) groups excluding carboxylic acids is 1. The third-order valence-electron chi connectivity index (χ3n) is 4.04. The van der Waals surface area contributed by atoms with Crippen LogP contribution in [0, 0.1) is 17.8 Å². The maximum atomic E-state index is 12.2. The Hall–Kier alpha value is -0.610. The molecule has 5 atom stereocenters. The van der Waals surface area contributed by atoms with Crippen molar-refractivity contribution >= 4 is 5.91 Å². The Labute approximate surface area is 116 Å². The average Bonchev–Trinajstić information content (AvgIpc) is 2.48. The molecule has 0 aromatic carbocycles. The van der Waals surface area contributed by atoms with Gasteiger partial charge in [-0.2, -0.15) is 0 Å². The molecule has 0 aromatic rings. The van der Waals surface area contributed by atoms with Gasteiger partial charge in [0.1, 0.15) is 0 Å². The van der Waals surface area contributed by atoms with E-state index in [9.17, 15) is 9.90 Å². The van der Waals surface area contributed by atoms with Gasteiger partial charge in [0, 0.05) is 6.54 Å². The summed E-state index contributed by atoms with van der Waals surface area (Å²) >= 11 is 0. The molecule has 1 amide bonds. The molecule has 0 spiro atoms. The van der Waals surface area contributed by atoms with Crippen LogP contribution in [0.5, 0.6) is 0 Å². The molecule has 0 bridgehead atoms. The summed E-state index contributed by atoms with van der Waals surface area (Å²) in [4.78, 5) is 12.2. The van der Waals surface area contributed by atoms with Gasteiger partial charge < -0.3 is 15.2 Å². The molecule has 0 radical (unpaired) electrons. The highest BCUT2D eigenvalue weighted by Gasteiger charge is 2.41. The van der Waals surface area contributed by atoms with E-state index >= 15 is 0 Å². The summed E-state index contributed by atoms with van der Waals surface area (Å²) in [6.07, 6.45) is 0.734. The maximum Gasteiger partial charge on any atom is 0.226 e. The topological polar surface area (TPSA) is 58.6 Å². The molecule has 1 saturated heterocycles. The molecular formula is C15H29NO3. The van der Waals surface area contributed by atoms with Crippen LogP contribution < -0.4 is 5.32 Å². The fraction of sp³-hybridized carbons (Fsp3) is 0.933. The van der Waals surface area contributed by atoms with Gasteiger partial charge in [-0.1, -0.05) is 20.8 Å². The molecule has 0 aliphatic carbocycles. The zero-order valence-corrected chi connectivity index (χ0v) is 13.1. The minimum Gasteiger partial charge on any atom is -0.388 e. The third-order valence-corrected chi connectivity index (χ3v) is 4.04. The largest absolute Gasteiger partial charge is 0.388 e. The van der Waals surface area contributed by atoms with Crippen molar-refractivity contribution in [2.75, 3.05) is 6.54 Å². The van der Waals surface area contributed by atoms with Crippen LogP contribution in [-0.2, 0) is 9.53 Å². The highest BCUT2D eigenvalue weighted by atomic mass is 16.5. The first-order valence-electron chi connectivity index (χ1n) is 7.29. The van der Waals surface area contributed by atoms with E-state index in [1.807, 2.05) is 20.8 Å².